The quantitative estimate of drug-likeness (QED) is 0.522. The Kier molecular flexibility index (Phi) is 7.37. The van der Waals surface area contributed by atoms with E-state index in [1.807, 2.05) is 19.1 Å². The van der Waals surface area contributed by atoms with E-state index in [1.165, 1.54) is 23.3 Å². The molecular formula is C21H27N3O3S2. The number of methoxy groups -OCH3 is 1. The number of benzene rings is 1. The minimum Gasteiger partial charge on any atom is -0.465 e. The van der Waals surface area contributed by atoms with Gasteiger partial charge in [-0.15, -0.1) is 11.3 Å². The van der Waals surface area contributed by atoms with Crippen LogP contribution < -0.4 is 10.6 Å². The van der Waals surface area contributed by atoms with Crippen molar-refractivity contribution in [3.05, 3.63) is 45.3 Å². The molecule has 0 saturated heterocycles. The molecule has 0 fully saturated rings. The molecule has 0 bridgehead atoms. The SMILES string of the molecule is COC(=O)c1c(NC(=S)Nc2c(C)cccc2C(C)C)sc(C(=O)N(C)C)c1C. The first kappa shape index (κ1) is 22.8. The fourth-order valence-corrected chi connectivity index (χ4v) is 4.44. The molecule has 0 spiro atoms. The molecule has 1 aromatic heterocycles. The number of ether oxygens (including phenoxy) is 1. The zero-order valence-corrected chi connectivity index (χ0v) is 19.4. The van der Waals surface area contributed by atoms with Crippen molar-refractivity contribution in [1.29, 1.82) is 0 Å². The maximum Gasteiger partial charge on any atom is 0.341 e. The molecule has 2 N–H and O–H groups in total. The van der Waals surface area contributed by atoms with Crippen LogP contribution in [-0.2, 0) is 4.74 Å². The van der Waals surface area contributed by atoms with Crippen molar-refractivity contribution in [1.82, 2.24) is 4.90 Å². The van der Waals surface area contributed by atoms with Gasteiger partial charge in [-0.25, -0.2) is 4.79 Å². The Morgan fingerprint density at radius 1 is 1.17 bits per heavy atom. The van der Waals surface area contributed by atoms with Gasteiger partial charge < -0.3 is 20.3 Å². The number of anilines is 2. The van der Waals surface area contributed by atoms with Gasteiger partial charge in [-0.3, -0.25) is 4.79 Å². The van der Waals surface area contributed by atoms with Crippen LogP contribution in [0, 0.1) is 13.8 Å². The summed E-state index contributed by atoms with van der Waals surface area (Å²) in [7, 11) is 4.66. The number of para-hydroxylation sites is 1. The molecule has 2 aromatic rings. The summed E-state index contributed by atoms with van der Waals surface area (Å²) in [6, 6.07) is 6.09. The molecule has 0 aliphatic rings. The number of esters is 1. The predicted octanol–water partition coefficient (Wildman–Crippen LogP) is 4.79. The van der Waals surface area contributed by atoms with Gasteiger partial charge in [0.15, 0.2) is 5.11 Å². The number of aryl methyl sites for hydroxylation is 1. The zero-order chi connectivity index (χ0) is 21.9. The second-order valence-electron chi connectivity index (χ2n) is 7.22. The van der Waals surface area contributed by atoms with Crippen LogP contribution in [0.3, 0.4) is 0 Å². The van der Waals surface area contributed by atoms with Gasteiger partial charge in [0.05, 0.1) is 17.6 Å². The van der Waals surface area contributed by atoms with Gasteiger partial charge in [0.2, 0.25) is 0 Å². The van der Waals surface area contributed by atoms with Crippen molar-refractivity contribution in [3.63, 3.8) is 0 Å². The number of hydrogen-bond donors (Lipinski definition) is 2. The van der Waals surface area contributed by atoms with Gasteiger partial charge in [0.1, 0.15) is 5.00 Å². The van der Waals surface area contributed by atoms with Crippen molar-refractivity contribution < 1.29 is 14.3 Å². The summed E-state index contributed by atoms with van der Waals surface area (Å²) in [6.07, 6.45) is 0. The second kappa shape index (κ2) is 9.37. The molecule has 1 amide bonds. The van der Waals surface area contributed by atoms with Crippen molar-refractivity contribution in [2.45, 2.75) is 33.6 Å². The van der Waals surface area contributed by atoms with Gasteiger partial charge in [-0.1, -0.05) is 32.0 Å². The second-order valence-corrected chi connectivity index (χ2v) is 8.65. The molecular weight excluding hydrogens is 406 g/mol. The minimum absolute atomic E-state index is 0.175. The van der Waals surface area contributed by atoms with Crippen LogP contribution in [0.2, 0.25) is 0 Å². The molecule has 0 aliphatic heterocycles. The van der Waals surface area contributed by atoms with Crippen molar-refractivity contribution >= 4 is 51.2 Å². The van der Waals surface area contributed by atoms with E-state index in [-0.39, 0.29) is 5.91 Å². The third-order valence-corrected chi connectivity index (χ3v) is 5.93. The standard InChI is InChI=1S/C21H27N3O3S2/c1-11(2)14-10-8-9-12(3)16(14)22-21(28)23-18-15(20(26)27-7)13(4)17(29-18)19(25)24(5)6/h8-11H,1-7H3,(H2,22,23,28). The smallest absolute Gasteiger partial charge is 0.341 e. The average Bonchev–Trinajstić information content (AvgIpc) is 2.97. The molecule has 0 saturated carbocycles. The van der Waals surface area contributed by atoms with E-state index in [4.69, 9.17) is 17.0 Å². The lowest BCUT2D eigenvalue weighted by atomic mass is 9.98. The molecule has 1 aromatic carbocycles. The fraction of sp³-hybridized carbons (Fsp3) is 0.381. The van der Waals surface area contributed by atoms with Crippen LogP contribution in [-0.4, -0.2) is 43.1 Å². The molecule has 29 heavy (non-hydrogen) atoms. The zero-order valence-electron chi connectivity index (χ0n) is 17.8. The lowest BCUT2D eigenvalue weighted by molar-refractivity contribution is 0.0601. The summed E-state index contributed by atoms with van der Waals surface area (Å²) in [6.45, 7) is 7.99. The number of amides is 1. The first-order chi connectivity index (χ1) is 13.6. The Labute approximate surface area is 181 Å². The van der Waals surface area contributed by atoms with Crippen LogP contribution in [0.4, 0.5) is 10.7 Å². The van der Waals surface area contributed by atoms with Crippen molar-refractivity contribution in [2.24, 2.45) is 0 Å². The highest BCUT2D eigenvalue weighted by Gasteiger charge is 2.26. The average molecular weight is 434 g/mol. The largest absolute Gasteiger partial charge is 0.465 e. The highest BCUT2D eigenvalue weighted by atomic mass is 32.1. The Morgan fingerprint density at radius 3 is 2.38 bits per heavy atom. The summed E-state index contributed by atoms with van der Waals surface area (Å²) in [4.78, 5) is 26.8. The number of thiocarbonyl (C=S) groups is 1. The van der Waals surface area contributed by atoms with E-state index in [2.05, 4.69) is 30.5 Å². The minimum atomic E-state index is -0.513. The summed E-state index contributed by atoms with van der Waals surface area (Å²) < 4.78 is 4.92. The van der Waals surface area contributed by atoms with E-state index in [1.54, 1.807) is 21.0 Å². The van der Waals surface area contributed by atoms with E-state index in [9.17, 15) is 9.59 Å². The molecule has 6 nitrogen and oxygen atoms in total. The molecule has 0 radical (unpaired) electrons. The number of carbonyl (C=O) groups excluding carboxylic acids is 2. The molecule has 1 heterocycles. The molecule has 8 heteroatoms. The highest BCUT2D eigenvalue weighted by molar-refractivity contribution is 7.80. The van der Waals surface area contributed by atoms with Gasteiger partial charge in [-0.2, -0.15) is 0 Å². The number of nitrogens with zero attached hydrogens (tertiary/aromatic N) is 1. The summed E-state index contributed by atoms with van der Waals surface area (Å²) in [5.74, 6) is -0.370. The molecule has 156 valence electrons. The number of carbonyl (C=O) groups is 2. The van der Waals surface area contributed by atoms with Crippen LogP contribution >= 0.6 is 23.6 Å². The maximum absolute atomic E-state index is 12.5. The normalized spacial score (nSPS) is 10.6. The molecule has 0 unspecified atom stereocenters. The summed E-state index contributed by atoms with van der Waals surface area (Å²) >= 11 is 6.70. The summed E-state index contributed by atoms with van der Waals surface area (Å²) in [5.41, 5.74) is 4.05. The Balaban J connectivity index is 2.39. The van der Waals surface area contributed by atoms with Gasteiger partial charge in [0.25, 0.3) is 5.91 Å². The number of hydrogen-bond acceptors (Lipinski definition) is 5. The van der Waals surface area contributed by atoms with Crippen LogP contribution in [0.5, 0.6) is 0 Å². The van der Waals surface area contributed by atoms with Crippen LogP contribution in [0.15, 0.2) is 18.2 Å². The predicted molar refractivity (Wildman–Crippen MR) is 124 cm³/mol. The van der Waals surface area contributed by atoms with Crippen molar-refractivity contribution in [3.8, 4) is 0 Å². The third kappa shape index (κ3) is 4.94. The van der Waals surface area contributed by atoms with Gasteiger partial charge in [0, 0.05) is 19.8 Å². The first-order valence-electron chi connectivity index (χ1n) is 9.19. The number of rotatable bonds is 5. The maximum atomic E-state index is 12.5. The van der Waals surface area contributed by atoms with E-state index in [0.717, 1.165) is 16.8 Å². The fourth-order valence-electron chi connectivity index (χ4n) is 2.95. The number of thiophene rings is 1. The van der Waals surface area contributed by atoms with E-state index >= 15 is 0 Å². The number of nitrogens with one attached hydrogen (secondary N) is 2. The van der Waals surface area contributed by atoms with E-state index in [0.29, 0.717) is 32.0 Å². The first-order valence-corrected chi connectivity index (χ1v) is 10.4. The molecule has 0 aliphatic carbocycles. The molecule has 2 rings (SSSR count). The van der Waals surface area contributed by atoms with Gasteiger partial charge >= 0.3 is 5.97 Å². The van der Waals surface area contributed by atoms with Crippen LogP contribution in [0.1, 0.15) is 56.5 Å². The lowest BCUT2D eigenvalue weighted by Gasteiger charge is -2.18. The Morgan fingerprint density at radius 2 is 1.83 bits per heavy atom. The highest BCUT2D eigenvalue weighted by Crippen LogP contribution is 2.35. The molecule has 0 atom stereocenters. The Hall–Kier alpha value is -2.45. The Bertz CT molecular complexity index is 949. The van der Waals surface area contributed by atoms with Crippen molar-refractivity contribution in [2.75, 3.05) is 31.8 Å². The third-order valence-electron chi connectivity index (χ3n) is 4.53. The summed E-state index contributed by atoms with van der Waals surface area (Å²) in [5, 5.41) is 7.17. The monoisotopic (exact) mass is 433 g/mol. The van der Waals surface area contributed by atoms with E-state index < -0.39 is 5.97 Å². The van der Waals surface area contributed by atoms with Gasteiger partial charge in [-0.05, 0) is 48.7 Å². The van der Waals surface area contributed by atoms with Crippen LogP contribution in [0.25, 0.3) is 0 Å². The lowest BCUT2D eigenvalue weighted by Crippen LogP contribution is -2.21. The topological polar surface area (TPSA) is 70.7 Å².